The molecule has 2 aromatic rings. The number of hydrogen-bond donors (Lipinski definition) is 1. The second-order valence-corrected chi connectivity index (χ2v) is 6.62. The molecule has 0 bridgehead atoms. The number of carbonyl (C=O) groups excluding carboxylic acids is 1. The van der Waals surface area contributed by atoms with Crippen LogP contribution in [0.4, 0.5) is 5.95 Å². The first-order valence-electron chi connectivity index (χ1n) is 8.14. The number of anilines is 1. The average molecular weight is 382 g/mol. The lowest BCUT2D eigenvalue weighted by Crippen LogP contribution is -2.15. The predicted octanol–water partition coefficient (Wildman–Crippen LogP) is 4.74. The molecule has 0 atom stereocenters. The fourth-order valence-electron chi connectivity index (χ4n) is 2.32. The van der Waals surface area contributed by atoms with E-state index in [0.717, 1.165) is 5.56 Å². The molecular formula is C18H21Cl2N3O2. The van der Waals surface area contributed by atoms with Gasteiger partial charge in [-0.3, -0.25) is 0 Å². The highest BCUT2D eigenvalue weighted by molar-refractivity contribution is 6.35. The maximum atomic E-state index is 12.0. The van der Waals surface area contributed by atoms with E-state index in [9.17, 15) is 4.79 Å². The van der Waals surface area contributed by atoms with E-state index in [1.807, 2.05) is 26.0 Å². The Morgan fingerprint density at radius 2 is 2.08 bits per heavy atom. The van der Waals surface area contributed by atoms with Crippen LogP contribution in [0.5, 0.6) is 0 Å². The van der Waals surface area contributed by atoms with Crippen LogP contribution < -0.4 is 5.32 Å². The Hall–Kier alpha value is -1.85. The second-order valence-electron chi connectivity index (χ2n) is 5.78. The number of halogens is 2. The molecule has 0 aliphatic carbocycles. The van der Waals surface area contributed by atoms with Crippen molar-refractivity contribution in [3.63, 3.8) is 0 Å². The van der Waals surface area contributed by atoms with Gasteiger partial charge in [0.2, 0.25) is 5.95 Å². The van der Waals surface area contributed by atoms with Crippen LogP contribution >= 0.6 is 23.2 Å². The maximum absolute atomic E-state index is 12.0. The number of rotatable bonds is 7. The monoisotopic (exact) mass is 381 g/mol. The summed E-state index contributed by atoms with van der Waals surface area (Å²) in [4.78, 5) is 20.7. The van der Waals surface area contributed by atoms with E-state index in [1.54, 1.807) is 13.0 Å². The molecule has 5 nitrogen and oxygen atoms in total. The molecule has 0 unspecified atom stereocenters. The highest BCUT2D eigenvalue weighted by Gasteiger charge is 2.18. The summed E-state index contributed by atoms with van der Waals surface area (Å²) >= 11 is 12.1. The number of nitrogens with one attached hydrogen (secondary N) is 1. The molecule has 0 fully saturated rings. The van der Waals surface area contributed by atoms with Gasteiger partial charge < -0.3 is 10.1 Å². The van der Waals surface area contributed by atoms with Gasteiger partial charge in [0.05, 0.1) is 17.9 Å². The molecule has 1 aromatic heterocycles. The van der Waals surface area contributed by atoms with Gasteiger partial charge in [0.15, 0.2) is 0 Å². The topological polar surface area (TPSA) is 64.1 Å². The Morgan fingerprint density at radius 1 is 1.32 bits per heavy atom. The first-order valence-corrected chi connectivity index (χ1v) is 8.89. The zero-order chi connectivity index (χ0) is 18.4. The second kappa shape index (κ2) is 9.02. The molecule has 0 radical (unpaired) electrons. The molecule has 0 spiro atoms. The van der Waals surface area contributed by atoms with Gasteiger partial charge in [-0.1, -0.05) is 43.1 Å². The van der Waals surface area contributed by atoms with Crippen LogP contribution in [0.1, 0.15) is 48.3 Å². The average Bonchev–Trinajstić information content (AvgIpc) is 2.57. The lowest BCUT2D eigenvalue weighted by atomic mass is 10.1. The summed E-state index contributed by atoms with van der Waals surface area (Å²) in [7, 11) is 0. The maximum Gasteiger partial charge on any atom is 0.341 e. The summed E-state index contributed by atoms with van der Waals surface area (Å²) in [5.74, 6) is 0.154. The predicted molar refractivity (Wildman–Crippen MR) is 101 cm³/mol. The Balaban J connectivity index is 2.07. The third-order valence-corrected chi connectivity index (χ3v) is 4.14. The Morgan fingerprint density at radius 3 is 2.72 bits per heavy atom. The third kappa shape index (κ3) is 5.31. The van der Waals surface area contributed by atoms with Crippen LogP contribution in [0, 0.1) is 0 Å². The number of hydrogen-bond acceptors (Lipinski definition) is 5. The summed E-state index contributed by atoms with van der Waals surface area (Å²) in [5, 5.41) is 4.41. The van der Waals surface area contributed by atoms with Crippen molar-refractivity contribution in [1.29, 1.82) is 0 Å². The Kier molecular flexibility index (Phi) is 7.02. The van der Waals surface area contributed by atoms with Crippen LogP contribution in [-0.2, 0) is 11.2 Å². The molecule has 2 rings (SSSR count). The van der Waals surface area contributed by atoms with Gasteiger partial charge in [-0.05, 0) is 37.0 Å². The van der Waals surface area contributed by atoms with Crippen molar-refractivity contribution in [2.75, 3.05) is 18.5 Å². The van der Waals surface area contributed by atoms with E-state index >= 15 is 0 Å². The van der Waals surface area contributed by atoms with Crippen molar-refractivity contribution in [1.82, 2.24) is 9.97 Å². The molecule has 0 amide bonds. The zero-order valence-electron chi connectivity index (χ0n) is 14.5. The molecule has 1 heterocycles. The fourth-order valence-corrected chi connectivity index (χ4v) is 2.82. The van der Waals surface area contributed by atoms with E-state index in [0.29, 0.717) is 46.8 Å². The Labute approximate surface area is 157 Å². The van der Waals surface area contributed by atoms with Crippen molar-refractivity contribution < 1.29 is 9.53 Å². The van der Waals surface area contributed by atoms with Crippen molar-refractivity contribution in [2.24, 2.45) is 0 Å². The van der Waals surface area contributed by atoms with E-state index in [1.165, 1.54) is 6.20 Å². The van der Waals surface area contributed by atoms with Gasteiger partial charge in [0.25, 0.3) is 0 Å². The van der Waals surface area contributed by atoms with Crippen molar-refractivity contribution in [3.8, 4) is 0 Å². The van der Waals surface area contributed by atoms with Crippen molar-refractivity contribution in [2.45, 2.75) is 33.1 Å². The van der Waals surface area contributed by atoms with Gasteiger partial charge in [-0.25, -0.2) is 14.8 Å². The summed E-state index contributed by atoms with van der Waals surface area (Å²) in [6.45, 7) is 6.64. The van der Waals surface area contributed by atoms with E-state index in [-0.39, 0.29) is 5.92 Å². The number of ether oxygens (including phenoxy) is 1. The molecule has 7 heteroatoms. The molecule has 1 aromatic carbocycles. The molecule has 0 saturated heterocycles. The number of benzene rings is 1. The zero-order valence-corrected chi connectivity index (χ0v) is 16.0. The number of esters is 1. The van der Waals surface area contributed by atoms with Crippen LogP contribution in [0.3, 0.4) is 0 Å². The largest absolute Gasteiger partial charge is 0.462 e. The summed E-state index contributed by atoms with van der Waals surface area (Å²) < 4.78 is 5.06. The highest BCUT2D eigenvalue weighted by Crippen LogP contribution is 2.22. The molecule has 0 aliphatic rings. The summed E-state index contributed by atoms with van der Waals surface area (Å²) in [6.07, 6.45) is 2.22. The van der Waals surface area contributed by atoms with Gasteiger partial charge in [0, 0.05) is 22.8 Å². The standard InChI is InChI=1S/C18H21Cl2N3O2/c1-4-25-17(24)14-10-22-18(23-16(14)11(2)3)21-8-7-12-5-6-13(19)9-15(12)20/h5-6,9-11H,4,7-8H2,1-3H3,(H,21,22,23). The minimum atomic E-state index is -0.398. The normalized spacial score (nSPS) is 10.8. The third-order valence-electron chi connectivity index (χ3n) is 3.55. The molecule has 0 aliphatic heterocycles. The van der Waals surface area contributed by atoms with Crippen molar-refractivity contribution in [3.05, 3.63) is 51.3 Å². The molecule has 134 valence electrons. The van der Waals surface area contributed by atoms with E-state index in [2.05, 4.69) is 15.3 Å². The molecule has 25 heavy (non-hydrogen) atoms. The van der Waals surface area contributed by atoms with Crippen LogP contribution in [0.2, 0.25) is 10.0 Å². The van der Waals surface area contributed by atoms with Crippen LogP contribution in [-0.4, -0.2) is 29.1 Å². The van der Waals surface area contributed by atoms with E-state index in [4.69, 9.17) is 27.9 Å². The first kappa shape index (κ1) is 19.5. The molecule has 1 N–H and O–H groups in total. The lowest BCUT2D eigenvalue weighted by molar-refractivity contribution is 0.0523. The quantitative estimate of drug-likeness (QED) is 0.701. The van der Waals surface area contributed by atoms with Gasteiger partial charge in [0.1, 0.15) is 0 Å². The minimum Gasteiger partial charge on any atom is -0.462 e. The fraction of sp³-hybridized carbons (Fsp3) is 0.389. The molecule has 0 saturated carbocycles. The van der Waals surface area contributed by atoms with Crippen molar-refractivity contribution >= 4 is 35.1 Å². The van der Waals surface area contributed by atoms with E-state index < -0.39 is 5.97 Å². The van der Waals surface area contributed by atoms with Gasteiger partial charge >= 0.3 is 5.97 Å². The Bertz CT molecular complexity index is 751. The number of aromatic nitrogens is 2. The summed E-state index contributed by atoms with van der Waals surface area (Å²) in [5.41, 5.74) is 2.06. The number of carbonyl (C=O) groups is 1. The smallest absolute Gasteiger partial charge is 0.341 e. The minimum absolute atomic E-state index is 0.0775. The van der Waals surface area contributed by atoms with Gasteiger partial charge in [-0.2, -0.15) is 0 Å². The van der Waals surface area contributed by atoms with Crippen LogP contribution in [0.15, 0.2) is 24.4 Å². The summed E-state index contributed by atoms with van der Waals surface area (Å²) in [6, 6.07) is 5.43. The lowest BCUT2D eigenvalue weighted by Gasteiger charge is -2.13. The molecular weight excluding hydrogens is 361 g/mol. The first-order chi connectivity index (χ1) is 11.9. The number of nitrogens with zero attached hydrogens (tertiary/aromatic N) is 2. The van der Waals surface area contributed by atoms with Gasteiger partial charge in [-0.15, -0.1) is 0 Å². The van der Waals surface area contributed by atoms with Crippen LogP contribution in [0.25, 0.3) is 0 Å². The highest BCUT2D eigenvalue weighted by atomic mass is 35.5. The SMILES string of the molecule is CCOC(=O)c1cnc(NCCc2ccc(Cl)cc2Cl)nc1C(C)C.